The van der Waals surface area contributed by atoms with Crippen LogP contribution in [0.25, 0.3) is 0 Å². The van der Waals surface area contributed by atoms with E-state index in [1.165, 1.54) is 12.3 Å². The maximum Gasteiger partial charge on any atom is 0.263 e. The van der Waals surface area contributed by atoms with Gasteiger partial charge in [0, 0.05) is 63.3 Å². The summed E-state index contributed by atoms with van der Waals surface area (Å²) in [4.78, 5) is 19.0. The third-order valence-electron chi connectivity index (χ3n) is 7.30. The highest BCUT2D eigenvalue weighted by atomic mass is 19.3. The lowest BCUT2D eigenvalue weighted by atomic mass is 10.1. The van der Waals surface area contributed by atoms with E-state index in [0.29, 0.717) is 51.3 Å². The van der Waals surface area contributed by atoms with Crippen LogP contribution in [0.1, 0.15) is 17.6 Å². The Kier molecular flexibility index (Phi) is 12.6. The fourth-order valence-electron chi connectivity index (χ4n) is 4.89. The molecule has 5 rings (SSSR count). The number of ether oxygens (including phenoxy) is 1. The van der Waals surface area contributed by atoms with Gasteiger partial charge in [-0.1, -0.05) is 6.08 Å². The van der Waals surface area contributed by atoms with Crippen molar-refractivity contribution in [2.24, 2.45) is 10.1 Å². The highest BCUT2D eigenvalue weighted by Gasteiger charge is 2.18. The van der Waals surface area contributed by atoms with Crippen molar-refractivity contribution in [3.8, 4) is 0 Å². The molecule has 238 valence electrons. The Labute approximate surface area is 255 Å². The van der Waals surface area contributed by atoms with E-state index in [1.807, 2.05) is 18.2 Å². The number of morpholine rings is 1. The molecule has 3 aliphatic heterocycles. The van der Waals surface area contributed by atoms with Gasteiger partial charge in [0.05, 0.1) is 44.6 Å². The number of rotatable bonds is 10. The van der Waals surface area contributed by atoms with Gasteiger partial charge in [0.15, 0.2) is 11.6 Å². The second-order valence-electron chi connectivity index (χ2n) is 10.4. The lowest BCUT2D eigenvalue weighted by Crippen LogP contribution is -2.45. The molecule has 1 atom stereocenters. The van der Waals surface area contributed by atoms with Crippen LogP contribution in [0.3, 0.4) is 0 Å². The van der Waals surface area contributed by atoms with Crippen molar-refractivity contribution in [2.45, 2.75) is 18.9 Å². The summed E-state index contributed by atoms with van der Waals surface area (Å²) in [5.41, 5.74) is 4.78. The first kappa shape index (κ1) is 33.0. The predicted octanol–water partition coefficient (Wildman–Crippen LogP) is 4.17. The topological polar surface area (TPSA) is 93.5 Å². The van der Waals surface area contributed by atoms with Crippen LogP contribution in [0.2, 0.25) is 0 Å². The normalized spacial score (nSPS) is 19.5. The molecule has 0 radical (unpaired) electrons. The number of nitrogens with zero attached hydrogens (tertiary/aromatic N) is 7. The third-order valence-corrected chi connectivity index (χ3v) is 7.30. The summed E-state index contributed by atoms with van der Waals surface area (Å²) in [5.74, 6) is -0.148. The molecule has 0 aliphatic carbocycles. The fourth-order valence-corrected chi connectivity index (χ4v) is 4.89. The molecule has 1 unspecified atom stereocenters. The molecule has 0 saturated carbocycles. The second kappa shape index (κ2) is 16.8. The quantitative estimate of drug-likeness (QED) is 0.233. The number of hydrogen-bond acceptors (Lipinski definition) is 10. The number of aromatic nitrogens is 2. The minimum absolute atomic E-state index is 0.00453. The summed E-state index contributed by atoms with van der Waals surface area (Å²) in [6, 6.07) is 4.78. The first-order valence-corrected chi connectivity index (χ1v) is 14.5. The summed E-state index contributed by atoms with van der Waals surface area (Å²) < 4.78 is 56.5. The maximum atomic E-state index is 14.3. The second-order valence-corrected chi connectivity index (χ2v) is 10.4. The molecule has 14 heteroatoms. The fraction of sp³-hybridized carbons (Fsp3) is 0.467. The number of alkyl halides is 3. The SMILES string of the molecule is CF.CN1CCN(CCc2cc(NC3C=CN=C(/C=N/Nc4ncc(F)c(N5CCOCC5)n4)C=C3)cc(C(F)F)c2)CC1. The standard InChI is InChI=1S/C29H36F3N9O.CH3F/c1-39-8-10-40(11-9-39)7-5-21-16-22(27(31)32)18-25(17-21)36-23-2-3-24(33-6-4-23)19-35-38-29-34-20-26(30)28(37-29)41-12-14-42-15-13-41;1-2/h2-4,6,16-20,23,27,36H,5,7-15H2,1H3,(H,34,37,38);1H3/b35-19+;. The van der Waals surface area contributed by atoms with Gasteiger partial charge in [0.25, 0.3) is 6.43 Å². The summed E-state index contributed by atoms with van der Waals surface area (Å²) in [6.45, 7) is 6.96. The van der Waals surface area contributed by atoms with Gasteiger partial charge in [-0.2, -0.15) is 10.1 Å². The van der Waals surface area contributed by atoms with E-state index in [9.17, 15) is 17.6 Å². The smallest absolute Gasteiger partial charge is 0.263 e. The summed E-state index contributed by atoms with van der Waals surface area (Å²) in [5, 5.41) is 7.46. The van der Waals surface area contributed by atoms with Gasteiger partial charge >= 0.3 is 0 Å². The molecule has 3 aliphatic rings. The molecule has 0 amide bonds. The number of hydrazone groups is 1. The van der Waals surface area contributed by atoms with Crippen LogP contribution < -0.4 is 15.6 Å². The number of hydrogen-bond donors (Lipinski definition) is 2. The average molecular weight is 618 g/mol. The van der Waals surface area contributed by atoms with Crippen LogP contribution in [0.4, 0.5) is 35.0 Å². The van der Waals surface area contributed by atoms with Crippen molar-refractivity contribution in [3.63, 3.8) is 0 Å². The van der Waals surface area contributed by atoms with E-state index in [2.05, 4.69) is 47.7 Å². The third kappa shape index (κ3) is 9.82. The van der Waals surface area contributed by atoms with Crippen molar-refractivity contribution < 1.29 is 22.3 Å². The molecule has 2 saturated heterocycles. The zero-order chi connectivity index (χ0) is 31.3. The minimum atomic E-state index is -2.55. The van der Waals surface area contributed by atoms with E-state index >= 15 is 0 Å². The molecule has 4 heterocycles. The Balaban J connectivity index is 0.00000216. The molecule has 1 aromatic carbocycles. The Morgan fingerprint density at radius 2 is 1.84 bits per heavy atom. The summed E-state index contributed by atoms with van der Waals surface area (Å²) >= 11 is 0. The molecule has 44 heavy (non-hydrogen) atoms. The molecular formula is C30H39F4N9O. The number of aliphatic imine (C=N–C) groups is 1. The zero-order valence-corrected chi connectivity index (χ0v) is 25.0. The Bertz CT molecular complexity index is 1320. The lowest BCUT2D eigenvalue weighted by molar-refractivity contribution is 0.122. The van der Waals surface area contributed by atoms with E-state index in [4.69, 9.17) is 4.74 Å². The number of benzene rings is 1. The number of allylic oxidation sites excluding steroid dienone is 1. The van der Waals surface area contributed by atoms with Crippen LogP contribution in [0, 0.1) is 5.82 Å². The average Bonchev–Trinajstić information content (AvgIpc) is 3.27. The first-order chi connectivity index (χ1) is 21.4. The molecular weight excluding hydrogens is 578 g/mol. The summed E-state index contributed by atoms with van der Waals surface area (Å²) in [6.07, 6.45) is 7.88. The Morgan fingerprint density at radius 3 is 2.59 bits per heavy atom. The van der Waals surface area contributed by atoms with E-state index < -0.39 is 12.2 Å². The number of halogens is 4. The van der Waals surface area contributed by atoms with Gasteiger partial charge in [0.2, 0.25) is 5.95 Å². The summed E-state index contributed by atoms with van der Waals surface area (Å²) in [7, 11) is 2.61. The molecule has 1 aromatic heterocycles. The van der Waals surface area contributed by atoms with Crippen LogP contribution >= 0.6 is 0 Å². The maximum absolute atomic E-state index is 14.3. The lowest BCUT2D eigenvalue weighted by Gasteiger charge is -2.32. The number of nitrogens with one attached hydrogen (secondary N) is 2. The minimum Gasteiger partial charge on any atom is -0.378 e. The molecule has 10 nitrogen and oxygen atoms in total. The Hall–Kier alpha value is -3.88. The number of anilines is 3. The first-order valence-electron chi connectivity index (χ1n) is 14.5. The van der Waals surface area contributed by atoms with Crippen LogP contribution in [-0.2, 0) is 11.2 Å². The van der Waals surface area contributed by atoms with Crippen molar-refractivity contribution in [1.29, 1.82) is 0 Å². The van der Waals surface area contributed by atoms with Crippen molar-refractivity contribution in [1.82, 2.24) is 19.8 Å². The number of likely N-dealkylation sites (N-methyl/N-ethyl adjacent to an activating group) is 1. The van der Waals surface area contributed by atoms with Gasteiger partial charge in [0.1, 0.15) is 0 Å². The molecule has 0 spiro atoms. The van der Waals surface area contributed by atoms with Crippen LogP contribution in [-0.4, -0.2) is 111 Å². The van der Waals surface area contributed by atoms with Gasteiger partial charge in [-0.25, -0.2) is 23.6 Å². The van der Waals surface area contributed by atoms with E-state index in [-0.39, 0.29) is 23.4 Å². The highest BCUT2D eigenvalue weighted by molar-refractivity contribution is 6.36. The predicted molar refractivity (Wildman–Crippen MR) is 166 cm³/mol. The molecule has 2 aromatic rings. The number of piperazine rings is 1. The van der Waals surface area contributed by atoms with Gasteiger partial charge in [-0.15, -0.1) is 0 Å². The van der Waals surface area contributed by atoms with Gasteiger partial charge < -0.3 is 24.8 Å². The highest BCUT2D eigenvalue weighted by Crippen LogP contribution is 2.26. The van der Waals surface area contributed by atoms with Crippen LogP contribution in [0.5, 0.6) is 0 Å². The van der Waals surface area contributed by atoms with Gasteiger partial charge in [-0.05, 0) is 49.4 Å². The largest absolute Gasteiger partial charge is 0.378 e. The zero-order valence-electron chi connectivity index (χ0n) is 25.0. The van der Waals surface area contributed by atoms with E-state index in [0.717, 1.165) is 44.5 Å². The Morgan fingerprint density at radius 1 is 1.07 bits per heavy atom. The van der Waals surface area contributed by atoms with Crippen molar-refractivity contribution >= 4 is 29.4 Å². The van der Waals surface area contributed by atoms with Crippen molar-refractivity contribution in [2.75, 3.05) is 88.9 Å². The molecule has 2 fully saturated rings. The van der Waals surface area contributed by atoms with Crippen molar-refractivity contribution in [3.05, 3.63) is 65.8 Å². The van der Waals surface area contributed by atoms with E-state index in [1.54, 1.807) is 23.2 Å². The van der Waals surface area contributed by atoms with Gasteiger partial charge in [-0.3, -0.25) is 9.38 Å². The van der Waals surface area contributed by atoms with Crippen LogP contribution in [0.15, 0.2) is 58.9 Å². The molecule has 0 bridgehead atoms. The monoisotopic (exact) mass is 617 g/mol. The molecule has 2 N–H and O–H groups in total.